The summed E-state index contributed by atoms with van der Waals surface area (Å²) in [6.45, 7) is 3.02. The average molecular weight is 269 g/mol. The van der Waals surface area contributed by atoms with Crippen LogP contribution in [-0.4, -0.2) is 25.1 Å². The largest absolute Gasteiger partial charge is 0.345 e. The molecule has 0 fully saturated rings. The number of imidazole rings is 1. The highest BCUT2D eigenvalue weighted by Gasteiger charge is 2.11. The lowest BCUT2D eigenvalue weighted by Crippen LogP contribution is -2.25. The third kappa shape index (κ3) is 2.27. The average Bonchev–Trinajstić information content (AvgIpc) is 3.10. The summed E-state index contributed by atoms with van der Waals surface area (Å²) >= 11 is 0. The number of pyridine rings is 1. The molecule has 1 amide bonds. The Labute approximate surface area is 116 Å². The summed E-state index contributed by atoms with van der Waals surface area (Å²) in [4.78, 5) is 16.5. The standard InChI is InChI=1S/C14H15N5O/c1-2-19-12(6-7-16-19)14(20)15-9-11-10-18-8-4-3-5-13(18)17-11/h3-8,10H,2,9H2,1H3,(H,15,20). The van der Waals surface area contributed by atoms with Crippen molar-refractivity contribution in [1.29, 1.82) is 0 Å². The van der Waals surface area contributed by atoms with Crippen LogP contribution in [-0.2, 0) is 13.1 Å². The number of rotatable bonds is 4. The molecule has 3 heterocycles. The Kier molecular flexibility index (Phi) is 3.20. The van der Waals surface area contributed by atoms with Crippen LogP contribution in [0.25, 0.3) is 5.65 Å². The molecule has 0 saturated heterocycles. The Bertz CT molecular complexity index is 710. The van der Waals surface area contributed by atoms with Crippen molar-refractivity contribution < 1.29 is 4.79 Å². The van der Waals surface area contributed by atoms with E-state index >= 15 is 0 Å². The van der Waals surface area contributed by atoms with E-state index in [1.165, 1.54) is 0 Å². The van der Waals surface area contributed by atoms with Crippen LogP contribution < -0.4 is 5.32 Å². The van der Waals surface area contributed by atoms with E-state index in [9.17, 15) is 4.79 Å². The zero-order valence-electron chi connectivity index (χ0n) is 11.2. The highest BCUT2D eigenvalue weighted by Crippen LogP contribution is 2.05. The molecule has 3 rings (SSSR count). The molecule has 3 aromatic heterocycles. The summed E-state index contributed by atoms with van der Waals surface area (Å²) in [5, 5.41) is 6.94. The van der Waals surface area contributed by atoms with E-state index in [0.29, 0.717) is 18.8 Å². The maximum Gasteiger partial charge on any atom is 0.269 e. The summed E-state index contributed by atoms with van der Waals surface area (Å²) in [6, 6.07) is 7.52. The van der Waals surface area contributed by atoms with E-state index in [-0.39, 0.29) is 5.91 Å². The fraction of sp³-hybridized carbons (Fsp3) is 0.214. The van der Waals surface area contributed by atoms with Crippen LogP contribution in [0.1, 0.15) is 23.1 Å². The number of amides is 1. The van der Waals surface area contributed by atoms with Gasteiger partial charge >= 0.3 is 0 Å². The summed E-state index contributed by atoms with van der Waals surface area (Å²) in [5.74, 6) is -0.138. The van der Waals surface area contributed by atoms with Gasteiger partial charge in [-0.15, -0.1) is 0 Å². The van der Waals surface area contributed by atoms with Gasteiger partial charge < -0.3 is 9.72 Å². The number of hydrogen-bond donors (Lipinski definition) is 1. The molecular weight excluding hydrogens is 254 g/mol. The van der Waals surface area contributed by atoms with Gasteiger partial charge in [0.2, 0.25) is 0 Å². The van der Waals surface area contributed by atoms with Crippen LogP contribution in [0.2, 0.25) is 0 Å². The van der Waals surface area contributed by atoms with Crippen LogP contribution in [0.5, 0.6) is 0 Å². The maximum absolute atomic E-state index is 12.1. The second-order valence-electron chi connectivity index (χ2n) is 4.41. The van der Waals surface area contributed by atoms with E-state index in [0.717, 1.165) is 11.3 Å². The maximum atomic E-state index is 12.1. The smallest absolute Gasteiger partial charge is 0.269 e. The molecule has 6 heteroatoms. The number of carbonyl (C=O) groups excluding carboxylic acids is 1. The Morgan fingerprint density at radius 2 is 2.25 bits per heavy atom. The monoisotopic (exact) mass is 269 g/mol. The van der Waals surface area contributed by atoms with Crippen LogP contribution in [0, 0.1) is 0 Å². The number of aromatic nitrogens is 4. The Hall–Kier alpha value is -2.63. The van der Waals surface area contributed by atoms with Gasteiger partial charge in [-0.3, -0.25) is 9.48 Å². The molecule has 0 unspecified atom stereocenters. The van der Waals surface area contributed by atoms with Crippen LogP contribution in [0.15, 0.2) is 42.9 Å². The molecule has 0 aromatic carbocycles. The highest BCUT2D eigenvalue weighted by atomic mass is 16.2. The first-order chi connectivity index (χ1) is 9.78. The minimum Gasteiger partial charge on any atom is -0.345 e. The fourth-order valence-electron chi connectivity index (χ4n) is 2.11. The predicted molar refractivity (Wildman–Crippen MR) is 74.3 cm³/mol. The Morgan fingerprint density at radius 1 is 1.35 bits per heavy atom. The summed E-state index contributed by atoms with van der Waals surface area (Å²) in [5.41, 5.74) is 2.26. The molecule has 0 atom stereocenters. The molecule has 0 saturated carbocycles. The van der Waals surface area contributed by atoms with Crippen molar-refractivity contribution >= 4 is 11.6 Å². The Balaban J connectivity index is 1.71. The zero-order valence-corrected chi connectivity index (χ0v) is 11.2. The second kappa shape index (κ2) is 5.16. The summed E-state index contributed by atoms with van der Waals surface area (Å²) in [7, 11) is 0. The van der Waals surface area contributed by atoms with E-state index < -0.39 is 0 Å². The van der Waals surface area contributed by atoms with Gasteiger partial charge in [-0.05, 0) is 25.1 Å². The van der Waals surface area contributed by atoms with Gasteiger partial charge in [0.1, 0.15) is 11.3 Å². The van der Waals surface area contributed by atoms with E-state index in [2.05, 4.69) is 15.4 Å². The van der Waals surface area contributed by atoms with Crippen molar-refractivity contribution in [2.45, 2.75) is 20.0 Å². The number of fused-ring (bicyclic) bond motifs is 1. The van der Waals surface area contributed by atoms with Gasteiger partial charge in [-0.25, -0.2) is 4.98 Å². The van der Waals surface area contributed by atoms with Gasteiger partial charge in [0, 0.05) is 25.1 Å². The van der Waals surface area contributed by atoms with Gasteiger partial charge in [0.15, 0.2) is 0 Å². The SMILES string of the molecule is CCn1nccc1C(=O)NCc1cn2ccccc2n1. The van der Waals surface area contributed by atoms with Crippen LogP contribution in [0.4, 0.5) is 0 Å². The lowest BCUT2D eigenvalue weighted by molar-refractivity contribution is 0.0940. The van der Waals surface area contributed by atoms with Gasteiger partial charge in [-0.2, -0.15) is 5.10 Å². The minimum absolute atomic E-state index is 0.138. The number of carbonyl (C=O) groups is 1. The third-order valence-electron chi connectivity index (χ3n) is 3.09. The third-order valence-corrected chi connectivity index (χ3v) is 3.09. The topological polar surface area (TPSA) is 64.2 Å². The lowest BCUT2D eigenvalue weighted by atomic mass is 10.3. The predicted octanol–water partition coefficient (Wildman–Crippen LogP) is 1.48. The molecular formula is C14H15N5O. The van der Waals surface area contributed by atoms with Crippen molar-refractivity contribution in [2.24, 2.45) is 0 Å². The number of aryl methyl sites for hydroxylation is 1. The number of hydrogen-bond acceptors (Lipinski definition) is 3. The van der Waals surface area contributed by atoms with Crippen molar-refractivity contribution in [3.05, 3.63) is 54.2 Å². The lowest BCUT2D eigenvalue weighted by Gasteiger charge is -2.04. The minimum atomic E-state index is -0.138. The molecule has 0 aliphatic rings. The first-order valence-corrected chi connectivity index (χ1v) is 6.50. The quantitative estimate of drug-likeness (QED) is 0.780. The van der Waals surface area contributed by atoms with Crippen LogP contribution >= 0.6 is 0 Å². The molecule has 20 heavy (non-hydrogen) atoms. The summed E-state index contributed by atoms with van der Waals surface area (Å²) in [6.07, 6.45) is 5.47. The van der Waals surface area contributed by atoms with E-state index in [4.69, 9.17) is 0 Å². The van der Waals surface area contributed by atoms with Gasteiger partial charge in [0.05, 0.1) is 12.2 Å². The molecule has 1 N–H and O–H groups in total. The normalized spacial score (nSPS) is 10.8. The fourth-order valence-corrected chi connectivity index (χ4v) is 2.11. The highest BCUT2D eigenvalue weighted by molar-refractivity contribution is 5.92. The molecule has 0 aliphatic heterocycles. The van der Waals surface area contributed by atoms with Gasteiger partial charge in [-0.1, -0.05) is 6.07 Å². The Morgan fingerprint density at radius 3 is 3.05 bits per heavy atom. The number of nitrogens with one attached hydrogen (secondary N) is 1. The first kappa shape index (κ1) is 12.4. The molecule has 0 radical (unpaired) electrons. The van der Waals surface area contributed by atoms with Crippen molar-refractivity contribution in [2.75, 3.05) is 0 Å². The van der Waals surface area contributed by atoms with Crippen molar-refractivity contribution in [3.63, 3.8) is 0 Å². The second-order valence-corrected chi connectivity index (χ2v) is 4.41. The molecule has 0 spiro atoms. The van der Waals surface area contributed by atoms with Crippen molar-refractivity contribution in [1.82, 2.24) is 24.5 Å². The van der Waals surface area contributed by atoms with Crippen molar-refractivity contribution in [3.8, 4) is 0 Å². The first-order valence-electron chi connectivity index (χ1n) is 6.50. The van der Waals surface area contributed by atoms with E-state index in [1.807, 2.05) is 41.9 Å². The molecule has 3 aromatic rings. The van der Waals surface area contributed by atoms with Gasteiger partial charge in [0.25, 0.3) is 5.91 Å². The summed E-state index contributed by atoms with van der Waals surface area (Å²) < 4.78 is 3.59. The molecule has 102 valence electrons. The molecule has 0 aliphatic carbocycles. The number of nitrogens with zero attached hydrogens (tertiary/aromatic N) is 4. The molecule has 6 nitrogen and oxygen atoms in total. The van der Waals surface area contributed by atoms with E-state index in [1.54, 1.807) is 16.9 Å². The molecule has 0 bridgehead atoms. The van der Waals surface area contributed by atoms with Crippen LogP contribution in [0.3, 0.4) is 0 Å². The zero-order chi connectivity index (χ0) is 13.9.